The van der Waals surface area contributed by atoms with E-state index >= 15 is 0 Å². The second-order valence-electron chi connectivity index (χ2n) is 2.22. The number of hydrogen-bond donors (Lipinski definition) is 1. The van der Waals surface area contributed by atoms with Crippen LogP contribution in [0.2, 0.25) is 0 Å². The van der Waals surface area contributed by atoms with Crippen molar-refractivity contribution in [1.82, 2.24) is 5.32 Å². The van der Waals surface area contributed by atoms with Crippen LogP contribution >= 0.6 is 12.4 Å². The first kappa shape index (κ1) is 8.59. The smallest absolute Gasteiger partial charge is 0.167 e. The zero-order valence-corrected chi connectivity index (χ0v) is 6.76. The van der Waals surface area contributed by atoms with Gasteiger partial charge >= 0.3 is 0 Å². The normalized spacial score (nSPS) is 23.1. The molecule has 2 heterocycles. The van der Waals surface area contributed by atoms with E-state index in [0.717, 1.165) is 18.9 Å². The van der Waals surface area contributed by atoms with Gasteiger partial charge in [-0.15, -0.1) is 12.4 Å². The fourth-order valence-electron chi connectivity index (χ4n) is 1.05. The SMILES string of the molecule is Cl.c1coc(C2NCCO2)c1. The van der Waals surface area contributed by atoms with Crippen LogP contribution in [-0.4, -0.2) is 13.2 Å². The van der Waals surface area contributed by atoms with Gasteiger partial charge in [0.15, 0.2) is 6.23 Å². The predicted octanol–water partition coefficient (Wildman–Crippen LogP) is 1.32. The highest BCUT2D eigenvalue weighted by atomic mass is 35.5. The largest absolute Gasteiger partial charge is 0.465 e. The first-order chi connectivity index (χ1) is 4.97. The molecule has 0 aliphatic carbocycles. The number of ether oxygens (including phenoxy) is 1. The lowest BCUT2D eigenvalue weighted by atomic mass is 10.4. The summed E-state index contributed by atoms with van der Waals surface area (Å²) in [5, 5.41) is 3.14. The van der Waals surface area contributed by atoms with E-state index in [2.05, 4.69) is 5.32 Å². The molecule has 0 aromatic carbocycles. The predicted molar refractivity (Wildman–Crippen MR) is 42.7 cm³/mol. The van der Waals surface area contributed by atoms with Gasteiger partial charge in [0.25, 0.3) is 0 Å². The molecule has 0 spiro atoms. The molecular formula is C7H10ClNO2. The minimum atomic E-state index is -0.0185. The van der Waals surface area contributed by atoms with Crippen LogP contribution in [0, 0.1) is 0 Å². The molecule has 3 nitrogen and oxygen atoms in total. The van der Waals surface area contributed by atoms with Crippen molar-refractivity contribution < 1.29 is 9.15 Å². The van der Waals surface area contributed by atoms with Crippen molar-refractivity contribution in [3.8, 4) is 0 Å². The third-order valence-corrected chi connectivity index (χ3v) is 1.52. The first-order valence-corrected chi connectivity index (χ1v) is 3.35. The zero-order chi connectivity index (χ0) is 6.81. The van der Waals surface area contributed by atoms with Crippen molar-refractivity contribution in [3.05, 3.63) is 24.2 Å². The van der Waals surface area contributed by atoms with E-state index in [9.17, 15) is 0 Å². The van der Waals surface area contributed by atoms with Crippen molar-refractivity contribution >= 4 is 12.4 Å². The molecule has 0 saturated carbocycles. The lowest BCUT2D eigenvalue weighted by Gasteiger charge is -2.03. The van der Waals surface area contributed by atoms with Crippen LogP contribution in [0.25, 0.3) is 0 Å². The average Bonchev–Trinajstić information content (AvgIpc) is 2.59. The van der Waals surface area contributed by atoms with Gasteiger partial charge in [0.2, 0.25) is 0 Å². The summed E-state index contributed by atoms with van der Waals surface area (Å²) in [6.45, 7) is 1.68. The molecule has 11 heavy (non-hydrogen) atoms. The molecule has 1 fully saturated rings. The summed E-state index contributed by atoms with van der Waals surface area (Å²) in [4.78, 5) is 0. The lowest BCUT2D eigenvalue weighted by molar-refractivity contribution is 0.0833. The minimum absolute atomic E-state index is 0. The molecule has 1 atom stereocenters. The quantitative estimate of drug-likeness (QED) is 0.699. The van der Waals surface area contributed by atoms with E-state index in [1.807, 2.05) is 12.1 Å². The summed E-state index contributed by atoms with van der Waals surface area (Å²) in [5.41, 5.74) is 0. The van der Waals surface area contributed by atoms with Crippen LogP contribution in [0.3, 0.4) is 0 Å². The molecule has 1 aromatic rings. The number of rotatable bonds is 1. The third-order valence-electron chi connectivity index (χ3n) is 1.52. The van der Waals surface area contributed by atoms with Crippen LogP contribution in [0.5, 0.6) is 0 Å². The number of furan rings is 1. The molecule has 1 aliphatic rings. The van der Waals surface area contributed by atoms with Crippen LogP contribution < -0.4 is 5.32 Å². The van der Waals surface area contributed by atoms with Gasteiger partial charge in [0, 0.05) is 6.54 Å². The highest BCUT2D eigenvalue weighted by Crippen LogP contribution is 2.17. The molecule has 1 aliphatic heterocycles. The summed E-state index contributed by atoms with van der Waals surface area (Å²) >= 11 is 0. The maximum Gasteiger partial charge on any atom is 0.167 e. The van der Waals surface area contributed by atoms with Gasteiger partial charge in [0.05, 0.1) is 12.9 Å². The van der Waals surface area contributed by atoms with Crippen LogP contribution in [-0.2, 0) is 4.74 Å². The lowest BCUT2D eigenvalue weighted by Crippen LogP contribution is -2.12. The molecule has 0 radical (unpaired) electrons. The summed E-state index contributed by atoms with van der Waals surface area (Å²) in [6.07, 6.45) is 1.63. The van der Waals surface area contributed by atoms with Gasteiger partial charge in [-0.2, -0.15) is 0 Å². The van der Waals surface area contributed by atoms with Crippen LogP contribution in [0.4, 0.5) is 0 Å². The molecule has 62 valence electrons. The standard InChI is InChI=1S/C7H9NO2.ClH/c1-2-6(9-4-1)7-8-3-5-10-7;/h1-2,4,7-8H,3,5H2;1H. The van der Waals surface area contributed by atoms with Crippen molar-refractivity contribution in [2.75, 3.05) is 13.2 Å². The topological polar surface area (TPSA) is 34.4 Å². The second kappa shape index (κ2) is 3.76. The molecule has 0 bridgehead atoms. The maximum atomic E-state index is 5.29. The number of hydrogen-bond acceptors (Lipinski definition) is 3. The summed E-state index contributed by atoms with van der Waals surface area (Å²) in [7, 11) is 0. The molecule has 2 rings (SSSR count). The van der Waals surface area contributed by atoms with Crippen molar-refractivity contribution in [3.63, 3.8) is 0 Å². The van der Waals surface area contributed by atoms with Gasteiger partial charge in [0.1, 0.15) is 5.76 Å². The number of halogens is 1. The molecule has 1 N–H and O–H groups in total. The molecule has 4 heteroatoms. The Morgan fingerprint density at radius 3 is 3.00 bits per heavy atom. The highest BCUT2D eigenvalue weighted by Gasteiger charge is 2.18. The third kappa shape index (κ3) is 1.74. The van der Waals surface area contributed by atoms with E-state index in [4.69, 9.17) is 9.15 Å². The molecule has 1 unspecified atom stereocenters. The Hall–Kier alpha value is -0.510. The molecule has 1 aromatic heterocycles. The Bertz CT molecular complexity index is 194. The Kier molecular flexibility index (Phi) is 2.93. The van der Waals surface area contributed by atoms with E-state index in [1.165, 1.54) is 0 Å². The Labute approximate surface area is 71.1 Å². The van der Waals surface area contributed by atoms with Gasteiger partial charge in [-0.1, -0.05) is 0 Å². The van der Waals surface area contributed by atoms with E-state index in [-0.39, 0.29) is 18.6 Å². The number of nitrogens with one attached hydrogen (secondary N) is 1. The van der Waals surface area contributed by atoms with Crippen molar-refractivity contribution in [1.29, 1.82) is 0 Å². The maximum absolute atomic E-state index is 5.29. The fourth-order valence-corrected chi connectivity index (χ4v) is 1.05. The van der Waals surface area contributed by atoms with E-state index in [0.29, 0.717) is 0 Å². The van der Waals surface area contributed by atoms with E-state index < -0.39 is 0 Å². The van der Waals surface area contributed by atoms with Crippen molar-refractivity contribution in [2.45, 2.75) is 6.23 Å². The molecule has 1 saturated heterocycles. The Balaban J connectivity index is 0.000000605. The fraction of sp³-hybridized carbons (Fsp3) is 0.429. The van der Waals surface area contributed by atoms with Gasteiger partial charge in [-0.05, 0) is 12.1 Å². The van der Waals surface area contributed by atoms with E-state index in [1.54, 1.807) is 6.26 Å². The Morgan fingerprint density at radius 1 is 1.55 bits per heavy atom. The molecular weight excluding hydrogens is 166 g/mol. The van der Waals surface area contributed by atoms with Gasteiger partial charge in [-0.3, -0.25) is 5.32 Å². The van der Waals surface area contributed by atoms with Gasteiger partial charge < -0.3 is 9.15 Å². The average molecular weight is 176 g/mol. The molecule has 0 amide bonds. The first-order valence-electron chi connectivity index (χ1n) is 3.35. The van der Waals surface area contributed by atoms with Crippen LogP contribution in [0.15, 0.2) is 22.8 Å². The Morgan fingerprint density at radius 2 is 2.45 bits per heavy atom. The zero-order valence-electron chi connectivity index (χ0n) is 5.95. The second-order valence-corrected chi connectivity index (χ2v) is 2.22. The summed E-state index contributed by atoms with van der Waals surface area (Å²) in [6, 6.07) is 3.77. The summed E-state index contributed by atoms with van der Waals surface area (Å²) < 4.78 is 10.4. The van der Waals surface area contributed by atoms with Gasteiger partial charge in [-0.25, -0.2) is 0 Å². The van der Waals surface area contributed by atoms with Crippen LogP contribution in [0.1, 0.15) is 12.0 Å². The van der Waals surface area contributed by atoms with Crippen molar-refractivity contribution in [2.24, 2.45) is 0 Å². The highest BCUT2D eigenvalue weighted by molar-refractivity contribution is 5.85. The monoisotopic (exact) mass is 175 g/mol. The minimum Gasteiger partial charge on any atom is -0.465 e. The summed E-state index contributed by atoms with van der Waals surface area (Å²) in [5.74, 6) is 0.859.